The second-order valence-electron chi connectivity index (χ2n) is 5.63. The van der Waals surface area contributed by atoms with Crippen molar-refractivity contribution in [1.29, 1.82) is 0 Å². The first-order chi connectivity index (χ1) is 12.3. The third kappa shape index (κ3) is 5.21. The first kappa shape index (κ1) is 16.8. The number of nitrogens with one attached hydrogen (secondary N) is 2. The molecule has 0 aliphatic heterocycles. The minimum absolute atomic E-state index is 0.631. The maximum atomic E-state index is 5.17. The fraction of sp³-hybridized carbons (Fsp3) is 0.200. The van der Waals surface area contributed by atoms with Crippen molar-refractivity contribution >= 4 is 11.8 Å². The van der Waals surface area contributed by atoms with E-state index in [4.69, 9.17) is 4.74 Å². The average Bonchev–Trinajstić information content (AvgIpc) is 2.68. The lowest BCUT2D eigenvalue weighted by Gasteiger charge is -2.09. The Balaban J connectivity index is 1.49. The Morgan fingerprint density at radius 3 is 2.44 bits per heavy atom. The molecular formula is C20H22N4O. The van der Waals surface area contributed by atoms with Gasteiger partial charge in [0.05, 0.1) is 7.11 Å². The van der Waals surface area contributed by atoms with Gasteiger partial charge >= 0.3 is 0 Å². The average molecular weight is 334 g/mol. The van der Waals surface area contributed by atoms with Gasteiger partial charge < -0.3 is 15.4 Å². The molecule has 0 fully saturated rings. The molecule has 0 aliphatic carbocycles. The number of anilines is 2. The Morgan fingerprint density at radius 1 is 0.880 bits per heavy atom. The molecule has 128 valence electrons. The molecule has 5 heteroatoms. The predicted octanol–water partition coefficient (Wildman–Crippen LogP) is 3.75. The number of benzene rings is 2. The van der Waals surface area contributed by atoms with Gasteiger partial charge in [-0.15, -0.1) is 0 Å². The van der Waals surface area contributed by atoms with Gasteiger partial charge in [0.25, 0.3) is 0 Å². The molecule has 0 amide bonds. The zero-order valence-electron chi connectivity index (χ0n) is 14.3. The molecule has 0 saturated heterocycles. The van der Waals surface area contributed by atoms with Crippen molar-refractivity contribution in [3.05, 3.63) is 78.0 Å². The number of ether oxygens (including phenoxy) is 1. The Bertz CT molecular complexity index is 775. The van der Waals surface area contributed by atoms with Crippen LogP contribution in [0.2, 0.25) is 0 Å². The van der Waals surface area contributed by atoms with Crippen LogP contribution in [0, 0.1) is 0 Å². The molecule has 1 heterocycles. The van der Waals surface area contributed by atoms with Crippen LogP contribution in [0.5, 0.6) is 5.75 Å². The molecule has 0 spiro atoms. The van der Waals surface area contributed by atoms with Crippen molar-refractivity contribution in [3.8, 4) is 5.75 Å². The van der Waals surface area contributed by atoms with Crippen LogP contribution in [0.25, 0.3) is 0 Å². The van der Waals surface area contributed by atoms with Crippen molar-refractivity contribution < 1.29 is 4.74 Å². The van der Waals surface area contributed by atoms with Crippen LogP contribution in [0.3, 0.4) is 0 Å². The maximum Gasteiger partial charge on any atom is 0.224 e. The number of methoxy groups -OCH3 is 1. The van der Waals surface area contributed by atoms with Gasteiger partial charge in [0.2, 0.25) is 5.95 Å². The van der Waals surface area contributed by atoms with E-state index >= 15 is 0 Å². The molecule has 2 N–H and O–H groups in total. The zero-order valence-corrected chi connectivity index (χ0v) is 14.3. The van der Waals surface area contributed by atoms with Gasteiger partial charge in [0.15, 0.2) is 0 Å². The highest BCUT2D eigenvalue weighted by Crippen LogP contribution is 2.12. The van der Waals surface area contributed by atoms with E-state index in [0.29, 0.717) is 5.95 Å². The SMILES string of the molecule is COc1ccc(CCNc2nccc(NCc3ccccc3)n2)cc1. The van der Waals surface area contributed by atoms with Gasteiger partial charge in [-0.25, -0.2) is 4.98 Å². The van der Waals surface area contributed by atoms with Gasteiger partial charge in [-0.3, -0.25) is 0 Å². The van der Waals surface area contributed by atoms with Gasteiger partial charge in [0.1, 0.15) is 11.6 Å². The Labute approximate surface area is 148 Å². The Kier molecular flexibility index (Phi) is 5.82. The molecule has 5 nitrogen and oxygen atoms in total. The lowest BCUT2D eigenvalue weighted by Crippen LogP contribution is -2.09. The molecule has 0 atom stereocenters. The molecule has 0 unspecified atom stereocenters. The van der Waals surface area contributed by atoms with Gasteiger partial charge in [-0.05, 0) is 35.7 Å². The summed E-state index contributed by atoms with van der Waals surface area (Å²) in [5.74, 6) is 2.31. The number of rotatable bonds is 8. The summed E-state index contributed by atoms with van der Waals surface area (Å²) in [6, 6.07) is 20.2. The zero-order chi connectivity index (χ0) is 17.3. The van der Waals surface area contributed by atoms with Crippen LogP contribution in [-0.4, -0.2) is 23.6 Å². The minimum atomic E-state index is 0.631. The van der Waals surface area contributed by atoms with Crippen molar-refractivity contribution in [2.75, 3.05) is 24.3 Å². The van der Waals surface area contributed by atoms with Crippen LogP contribution < -0.4 is 15.4 Å². The van der Waals surface area contributed by atoms with Crippen molar-refractivity contribution in [2.45, 2.75) is 13.0 Å². The third-order valence-electron chi connectivity index (χ3n) is 3.83. The second-order valence-corrected chi connectivity index (χ2v) is 5.63. The summed E-state index contributed by atoms with van der Waals surface area (Å²) in [7, 11) is 1.67. The first-order valence-corrected chi connectivity index (χ1v) is 8.31. The normalized spacial score (nSPS) is 10.3. The third-order valence-corrected chi connectivity index (χ3v) is 3.83. The van der Waals surface area contributed by atoms with E-state index in [1.54, 1.807) is 13.3 Å². The molecule has 3 rings (SSSR count). The van der Waals surface area contributed by atoms with Crippen LogP contribution in [0.15, 0.2) is 66.9 Å². The van der Waals surface area contributed by atoms with E-state index in [9.17, 15) is 0 Å². The lowest BCUT2D eigenvalue weighted by molar-refractivity contribution is 0.414. The summed E-state index contributed by atoms with van der Waals surface area (Å²) in [5.41, 5.74) is 2.46. The number of hydrogen-bond donors (Lipinski definition) is 2. The van der Waals surface area contributed by atoms with Gasteiger partial charge in [-0.1, -0.05) is 42.5 Å². The lowest BCUT2D eigenvalue weighted by atomic mass is 10.1. The largest absolute Gasteiger partial charge is 0.497 e. The molecule has 0 saturated carbocycles. The second kappa shape index (κ2) is 8.68. The monoisotopic (exact) mass is 334 g/mol. The standard InChI is InChI=1S/C20H22N4O/c1-25-18-9-7-16(8-10-18)11-13-21-20-22-14-12-19(24-20)23-15-17-5-3-2-4-6-17/h2-10,12,14H,11,13,15H2,1H3,(H2,21,22,23,24). The molecular weight excluding hydrogens is 312 g/mol. The number of nitrogens with zero attached hydrogens (tertiary/aromatic N) is 2. The van der Waals surface area contributed by atoms with Crippen LogP contribution >= 0.6 is 0 Å². The summed E-state index contributed by atoms with van der Waals surface area (Å²) in [4.78, 5) is 8.76. The number of aromatic nitrogens is 2. The minimum Gasteiger partial charge on any atom is -0.497 e. The van der Waals surface area contributed by atoms with E-state index in [1.165, 1.54) is 11.1 Å². The number of hydrogen-bond acceptors (Lipinski definition) is 5. The molecule has 0 radical (unpaired) electrons. The van der Waals surface area contributed by atoms with E-state index in [-0.39, 0.29) is 0 Å². The molecule has 0 aliphatic rings. The first-order valence-electron chi connectivity index (χ1n) is 8.31. The summed E-state index contributed by atoms with van der Waals surface area (Å²) in [5, 5.41) is 6.58. The molecule has 1 aromatic heterocycles. The molecule has 0 bridgehead atoms. The maximum absolute atomic E-state index is 5.17. The fourth-order valence-corrected chi connectivity index (χ4v) is 2.44. The fourth-order valence-electron chi connectivity index (χ4n) is 2.44. The quantitative estimate of drug-likeness (QED) is 0.657. The van der Waals surface area contributed by atoms with E-state index in [2.05, 4.69) is 44.9 Å². The van der Waals surface area contributed by atoms with E-state index < -0.39 is 0 Å². The van der Waals surface area contributed by atoms with Gasteiger partial charge in [0, 0.05) is 19.3 Å². The highest BCUT2D eigenvalue weighted by molar-refractivity contribution is 5.40. The Hall–Kier alpha value is -3.08. The van der Waals surface area contributed by atoms with Crippen LogP contribution in [0.4, 0.5) is 11.8 Å². The molecule has 25 heavy (non-hydrogen) atoms. The van der Waals surface area contributed by atoms with Crippen molar-refractivity contribution in [2.24, 2.45) is 0 Å². The van der Waals surface area contributed by atoms with Gasteiger partial charge in [-0.2, -0.15) is 4.98 Å². The highest BCUT2D eigenvalue weighted by atomic mass is 16.5. The van der Waals surface area contributed by atoms with Crippen molar-refractivity contribution in [1.82, 2.24) is 9.97 Å². The van der Waals surface area contributed by atoms with E-state index in [1.807, 2.05) is 36.4 Å². The Morgan fingerprint density at radius 2 is 1.68 bits per heavy atom. The smallest absolute Gasteiger partial charge is 0.224 e. The summed E-state index contributed by atoms with van der Waals surface area (Å²) < 4.78 is 5.17. The topological polar surface area (TPSA) is 59.1 Å². The molecule has 2 aromatic carbocycles. The molecule has 3 aromatic rings. The van der Waals surface area contributed by atoms with Crippen molar-refractivity contribution in [3.63, 3.8) is 0 Å². The summed E-state index contributed by atoms with van der Waals surface area (Å²) in [6.07, 6.45) is 2.66. The summed E-state index contributed by atoms with van der Waals surface area (Å²) >= 11 is 0. The highest BCUT2D eigenvalue weighted by Gasteiger charge is 2.00. The summed E-state index contributed by atoms with van der Waals surface area (Å²) in [6.45, 7) is 1.51. The van der Waals surface area contributed by atoms with Crippen LogP contribution in [-0.2, 0) is 13.0 Å². The van der Waals surface area contributed by atoms with E-state index in [0.717, 1.165) is 31.1 Å². The predicted molar refractivity (Wildman–Crippen MR) is 101 cm³/mol. The van der Waals surface area contributed by atoms with Crippen LogP contribution in [0.1, 0.15) is 11.1 Å².